The van der Waals surface area contributed by atoms with Gasteiger partial charge in [-0.05, 0) is 37.4 Å². The fourth-order valence-corrected chi connectivity index (χ4v) is 3.45. The summed E-state index contributed by atoms with van der Waals surface area (Å²) in [5, 5.41) is 0.914. The number of rotatable bonds is 5. The third kappa shape index (κ3) is 3.44. The van der Waals surface area contributed by atoms with Crippen LogP contribution in [0.15, 0.2) is 72.9 Å². The largest absolute Gasteiger partial charge is 0.457 e. The Morgan fingerprint density at radius 2 is 1.63 bits per heavy atom. The van der Waals surface area contributed by atoms with Crippen LogP contribution in [0.2, 0.25) is 0 Å². The molecule has 0 bridgehead atoms. The zero-order valence-electron chi connectivity index (χ0n) is 15.6. The maximum absolute atomic E-state index is 12.9. The quantitative estimate of drug-likeness (QED) is 0.492. The Hall–Kier alpha value is -3.11. The highest BCUT2D eigenvalue weighted by Gasteiger charge is 2.19. The molecule has 0 radical (unpaired) electrons. The highest BCUT2D eigenvalue weighted by atomic mass is 16.5. The molecule has 0 aliphatic rings. The van der Waals surface area contributed by atoms with Crippen LogP contribution < -0.4 is 0 Å². The van der Waals surface area contributed by atoms with E-state index in [4.69, 9.17) is 4.74 Å². The second-order valence-corrected chi connectivity index (χ2v) is 6.98. The molecule has 0 aliphatic carbocycles. The van der Waals surface area contributed by atoms with Gasteiger partial charge in [0.25, 0.3) is 0 Å². The number of carbonyl (C=O) groups excluding carboxylic acids is 1. The highest BCUT2D eigenvalue weighted by molar-refractivity contribution is 6.11. The van der Waals surface area contributed by atoms with Gasteiger partial charge in [0.2, 0.25) is 0 Å². The molecule has 4 rings (SSSR count). The van der Waals surface area contributed by atoms with E-state index in [0.29, 0.717) is 5.56 Å². The summed E-state index contributed by atoms with van der Waals surface area (Å²) in [5.74, 6) is -0.294. The van der Waals surface area contributed by atoms with Crippen molar-refractivity contribution in [3.63, 3.8) is 0 Å². The maximum atomic E-state index is 12.9. The van der Waals surface area contributed by atoms with Gasteiger partial charge >= 0.3 is 5.97 Å². The second kappa shape index (κ2) is 7.25. The van der Waals surface area contributed by atoms with Gasteiger partial charge in [-0.3, -0.25) is 0 Å². The third-order valence-electron chi connectivity index (χ3n) is 4.61. The van der Waals surface area contributed by atoms with Gasteiger partial charge in [-0.1, -0.05) is 54.6 Å². The molecule has 27 heavy (non-hydrogen) atoms. The first-order valence-corrected chi connectivity index (χ1v) is 9.01. The molecule has 2 heterocycles. The minimum absolute atomic E-state index is 0.268. The summed E-state index contributed by atoms with van der Waals surface area (Å²) in [6, 6.07) is 21.8. The van der Waals surface area contributed by atoms with E-state index in [2.05, 4.69) is 21.6 Å². The van der Waals surface area contributed by atoms with Crippen LogP contribution in [0.3, 0.4) is 0 Å². The first-order valence-electron chi connectivity index (χ1n) is 9.01. The number of esters is 1. The van der Waals surface area contributed by atoms with Gasteiger partial charge in [0.05, 0.1) is 16.6 Å². The third-order valence-corrected chi connectivity index (χ3v) is 4.61. The van der Waals surface area contributed by atoms with Gasteiger partial charge in [-0.15, -0.1) is 0 Å². The number of nitrogens with zero attached hydrogens (tertiary/aromatic N) is 2. The number of benzene rings is 2. The van der Waals surface area contributed by atoms with Crippen molar-refractivity contribution < 1.29 is 9.53 Å². The van der Waals surface area contributed by atoms with Crippen molar-refractivity contribution in [2.75, 3.05) is 14.1 Å². The topological polar surface area (TPSA) is 34.0 Å². The number of aromatic nitrogens is 1. The van der Waals surface area contributed by atoms with E-state index < -0.39 is 0 Å². The molecule has 2 aromatic carbocycles. The van der Waals surface area contributed by atoms with Gasteiger partial charge in [0, 0.05) is 18.1 Å². The Morgan fingerprint density at radius 3 is 2.41 bits per heavy atom. The van der Waals surface area contributed by atoms with E-state index in [0.717, 1.165) is 28.5 Å². The molecule has 4 nitrogen and oxygen atoms in total. The monoisotopic (exact) mass is 358 g/mol. The molecule has 0 N–H and O–H groups in total. The van der Waals surface area contributed by atoms with Gasteiger partial charge in [-0.2, -0.15) is 0 Å². The van der Waals surface area contributed by atoms with Crippen molar-refractivity contribution in [3.05, 3.63) is 89.6 Å². The fraction of sp³-hybridized carbons (Fsp3) is 0.174. The number of hydrogen-bond acceptors (Lipinski definition) is 3. The van der Waals surface area contributed by atoms with Crippen molar-refractivity contribution in [1.82, 2.24) is 9.30 Å². The van der Waals surface area contributed by atoms with Gasteiger partial charge in [0.1, 0.15) is 6.61 Å². The summed E-state index contributed by atoms with van der Waals surface area (Å²) in [6.07, 6.45) is 2.10. The number of carbonyl (C=O) groups is 1. The summed E-state index contributed by atoms with van der Waals surface area (Å²) in [5.41, 5.74) is 4.68. The summed E-state index contributed by atoms with van der Waals surface area (Å²) >= 11 is 0. The van der Waals surface area contributed by atoms with E-state index in [1.165, 1.54) is 5.56 Å². The Labute approximate surface area is 158 Å². The predicted molar refractivity (Wildman–Crippen MR) is 108 cm³/mol. The lowest BCUT2D eigenvalue weighted by molar-refractivity contribution is 0.0477. The molecule has 0 saturated carbocycles. The number of fused-ring (bicyclic) bond motifs is 3. The van der Waals surface area contributed by atoms with Crippen LogP contribution in [0.4, 0.5) is 0 Å². The first-order chi connectivity index (χ1) is 13.1. The van der Waals surface area contributed by atoms with Crippen molar-refractivity contribution >= 4 is 22.4 Å². The van der Waals surface area contributed by atoms with E-state index in [1.807, 2.05) is 74.8 Å². The fourth-order valence-electron chi connectivity index (χ4n) is 3.45. The smallest absolute Gasteiger partial charge is 0.341 e. The number of pyridine rings is 1. The van der Waals surface area contributed by atoms with Crippen LogP contribution >= 0.6 is 0 Å². The van der Waals surface area contributed by atoms with Crippen LogP contribution in [0.25, 0.3) is 16.4 Å². The molecule has 0 spiro atoms. The molecule has 136 valence electrons. The number of hydrogen-bond donors (Lipinski definition) is 0. The van der Waals surface area contributed by atoms with Gasteiger partial charge in [-0.25, -0.2) is 4.79 Å². The Bertz CT molecular complexity index is 1100. The average Bonchev–Trinajstić information content (AvgIpc) is 3.00. The average molecular weight is 358 g/mol. The maximum Gasteiger partial charge on any atom is 0.341 e. The first kappa shape index (κ1) is 17.3. The molecule has 0 atom stereocenters. The van der Waals surface area contributed by atoms with Crippen molar-refractivity contribution in [1.29, 1.82) is 0 Å². The van der Waals surface area contributed by atoms with Crippen LogP contribution in [-0.4, -0.2) is 29.4 Å². The molecule has 4 heteroatoms. The summed E-state index contributed by atoms with van der Waals surface area (Å²) < 4.78 is 7.71. The van der Waals surface area contributed by atoms with E-state index in [-0.39, 0.29) is 12.6 Å². The standard InChI is InChI=1S/C23H22N2O2/c1-24(2)14-18-12-13-21-22(19-10-6-7-11-20(19)25(21)15-18)23(26)27-16-17-8-4-3-5-9-17/h3-13,15H,14,16H2,1-2H3. The van der Waals surface area contributed by atoms with Crippen LogP contribution in [0.1, 0.15) is 21.5 Å². The minimum atomic E-state index is -0.294. The summed E-state index contributed by atoms with van der Waals surface area (Å²) in [4.78, 5) is 15.1. The number of para-hydroxylation sites is 1. The van der Waals surface area contributed by atoms with E-state index >= 15 is 0 Å². The molecule has 0 fully saturated rings. The van der Waals surface area contributed by atoms with Crippen molar-refractivity contribution in [2.24, 2.45) is 0 Å². The molecular formula is C23H22N2O2. The summed E-state index contributed by atoms with van der Waals surface area (Å²) in [6.45, 7) is 1.11. The van der Waals surface area contributed by atoms with Crippen LogP contribution in [0, 0.1) is 0 Å². The zero-order chi connectivity index (χ0) is 18.8. The molecule has 0 aliphatic heterocycles. The molecule has 0 amide bonds. The lowest BCUT2D eigenvalue weighted by Gasteiger charge is -2.10. The van der Waals surface area contributed by atoms with Crippen LogP contribution in [0.5, 0.6) is 0 Å². The number of ether oxygens (including phenoxy) is 1. The molecule has 4 aromatic rings. The van der Waals surface area contributed by atoms with Crippen LogP contribution in [-0.2, 0) is 17.9 Å². The van der Waals surface area contributed by atoms with Gasteiger partial charge < -0.3 is 14.0 Å². The summed E-state index contributed by atoms with van der Waals surface area (Å²) in [7, 11) is 4.09. The minimum Gasteiger partial charge on any atom is -0.457 e. The SMILES string of the molecule is CN(C)Cc1ccc2c(C(=O)OCc3ccccc3)c3ccccc3n2c1. The Balaban J connectivity index is 1.75. The zero-order valence-corrected chi connectivity index (χ0v) is 15.6. The normalized spacial score (nSPS) is 11.4. The Morgan fingerprint density at radius 1 is 0.889 bits per heavy atom. The highest BCUT2D eigenvalue weighted by Crippen LogP contribution is 2.28. The Kier molecular flexibility index (Phi) is 4.65. The predicted octanol–water partition coefficient (Wildman–Crippen LogP) is 4.51. The lowest BCUT2D eigenvalue weighted by Crippen LogP contribution is -2.11. The molecule has 0 unspecified atom stereocenters. The van der Waals surface area contributed by atoms with Crippen molar-refractivity contribution in [2.45, 2.75) is 13.2 Å². The van der Waals surface area contributed by atoms with E-state index in [9.17, 15) is 4.79 Å². The lowest BCUT2D eigenvalue weighted by atomic mass is 10.1. The molecule has 2 aromatic heterocycles. The second-order valence-electron chi connectivity index (χ2n) is 6.98. The molecule has 0 saturated heterocycles. The molecular weight excluding hydrogens is 336 g/mol. The van der Waals surface area contributed by atoms with E-state index in [1.54, 1.807) is 0 Å². The van der Waals surface area contributed by atoms with Crippen molar-refractivity contribution in [3.8, 4) is 0 Å². The van der Waals surface area contributed by atoms with Gasteiger partial charge in [0.15, 0.2) is 0 Å².